The fourth-order valence-electron chi connectivity index (χ4n) is 0.701. The zero-order valence-corrected chi connectivity index (χ0v) is 17.2. The predicted octanol–water partition coefficient (Wildman–Crippen LogP) is 1.88. The number of Topliss-reactive ketones (excluding diaryl/α,β-unsaturated/α-hetero) is 4. The van der Waals surface area contributed by atoms with Crippen molar-refractivity contribution in [1.82, 2.24) is 0 Å². The fourth-order valence-corrected chi connectivity index (χ4v) is 0.701. The molecule has 0 unspecified atom stereocenters. The molecule has 0 aliphatic carbocycles. The maximum atomic E-state index is 10.0. The van der Waals surface area contributed by atoms with E-state index < -0.39 is 0 Å². The van der Waals surface area contributed by atoms with Gasteiger partial charge in [0.15, 0.2) is 0 Å². The van der Waals surface area contributed by atoms with Gasteiger partial charge in [-0.05, 0) is 55.4 Å². The Morgan fingerprint density at radius 3 is 0.696 bits per heavy atom. The number of hydrogen-bond donors (Lipinski definition) is 2. The van der Waals surface area contributed by atoms with Crippen LogP contribution in [-0.2, 0) is 40.9 Å². The summed E-state index contributed by atoms with van der Waals surface area (Å²) in [7, 11) is 0. The third-order valence-electron chi connectivity index (χ3n) is 0.996. The second-order valence-corrected chi connectivity index (χ2v) is 5.35. The van der Waals surface area contributed by atoms with Crippen LogP contribution in [0.4, 0.5) is 0 Å². The largest absolute Gasteiger partial charge is 0.394 e. The van der Waals surface area contributed by atoms with Crippen LogP contribution in [0.2, 0.25) is 0 Å². The quantitative estimate of drug-likeness (QED) is 0.579. The average Bonchev–Trinajstić information content (AvgIpc) is 2.10. The molecule has 0 heterocycles. The van der Waals surface area contributed by atoms with Gasteiger partial charge in [-0.3, -0.25) is 19.2 Å². The molecule has 0 aliphatic heterocycles. The summed E-state index contributed by atoms with van der Waals surface area (Å²) in [5.74, 6) is -0.250. The van der Waals surface area contributed by atoms with Crippen LogP contribution in [0.1, 0.15) is 68.2 Å². The Balaban J connectivity index is -0.0000000639. The minimum Gasteiger partial charge on any atom is -0.394 e. The minimum atomic E-state index is -0.167. The van der Waals surface area contributed by atoms with Crippen LogP contribution in [-0.4, -0.2) is 45.6 Å². The van der Waals surface area contributed by atoms with Crippen molar-refractivity contribution in [1.29, 1.82) is 0 Å². The monoisotopic (exact) mass is 368 g/mol. The Labute approximate surface area is 154 Å². The summed E-state index contributed by atoms with van der Waals surface area (Å²) in [4.78, 5) is 40.1. The fraction of sp³-hybridized carbons (Fsp3) is 0.750. The van der Waals surface area contributed by atoms with E-state index in [2.05, 4.69) is 0 Å². The number of carbonyl (C=O) groups excluding carboxylic acids is 4. The van der Waals surface area contributed by atoms with E-state index in [1.807, 2.05) is 0 Å². The summed E-state index contributed by atoms with van der Waals surface area (Å²) >= 11 is 0. The van der Waals surface area contributed by atoms with Crippen molar-refractivity contribution >= 4 is 23.1 Å². The molecule has 0 spiro atoms. The molecule has 0 fully saturated rings. The second kappa shape index (κ2) is 23.6. The maximum absolute atomic E-state index is 10.0. The van der Waals surface area contributed by atoms with E-state index in [1.165, 1.54) is 27.7 Å². The molecule has 0 radical (unpaired) electrons. The molecule has 0 amide bonds. The van der Waals surface area contributed by atoms with Gasteiger partial charge in [0.25, 0.3) is 0 Å². The molecule has 0 atom stereocenters. The summed E-state index contributed by atoms with van der Waals surface area (Å²) in [6.07, 6.45) is -0.167. The molecular formula is C16H32O6Ti. The third kappa shape index (κ3) is 149. The van der Waals surface area contributed by atoms with E-state index in [9.17, 15) is 19.2 Å². The van der Waals surface area contributed by atoms with Crippen molar-refractivity contribution < 1.29 is 51.1 Å². The Bertz CT molecular complexity index is 263. The van der Waals surface area contributed by atoms with Gasteiger partial charge in [-0.15, -0.1) is 0 Å². The van der Waals surface area contributed by atoms with Crippen molar-refractivity contribution in [2.24, 2.45) is 0 Å². The number of aliphatic hydroxyl groups is 2. The molecule has 0 saturated carbocycles. The zero-order valence-electron chi connectivity index (χ0n) is 15.6. The summed E-state index contributed by atoms with van der Waals surface area (Å²) in [5, 5.41) is 16.1. The molecule has 0 saturated heterocycles. The van der Waals surface area contributed by atoms with Crippen molar-refractivity contribution in [3.63, 3.8) is 0 Å². The summed E-state index contributed by atoms with van der Waals surface area (Å²) in [5.41, 5.74) is 0. The zero-order chi connectivity index (χ0) is 18.9. The van der Waals surface area contributed by atoms with Gasteiger partial charge < -0.3 is 10.2 Å². The van der Waals surface area contributed by atoms with Crippen LogP contribution in [0, 0.1) is 0 Å². The first-order valence-electron chi connectivity index (χ1n) is 7.06. The standard InChI is InChI=1S/2C5H8O2.2C3H8O.Ti/c2*1-4(6)3-5(2)7;2*1-3(2)4;/h2*3H2,1-2H3;2*3-4H,1-2H3;. The van der Waals surface area contributed by atoms with Crippen LogP contribution in [0.25, 0.3) is 0 Å². The van der Waals surface area contributed by atoms with Gasteiger partial charge in [0.1, 0.15) is 23.1 Å². The number of ketones is 4. The summed E-state index contributed by atoms with van der Waals surface area (Å²) in [6.45, 7) is 12.5. The van der Waals surface area contributed by atoms with Crippen LogP contribution < -0.4 is 0 Å². The number of carbonyl (C=O) groups is 4. The Morgan fingerprint density at radius 1 is 0.609 bits per heavy atom. The van der Waals surface area contributed by atoms with Crippen molar-refractivity contribution in [3.05, 3.63) is 0 Å². The van der Waals surface area contributed by atoms with Crippen LogP contribution >= 0.6 is 0 Å². The Morgan fingerprint density at radius 2 is 0.696 bits per heavy atom. The van der Waals surface area contributed by atoms with Crippen molar-refractivity contribution in [2.75, 3.05) is 0 Å². The van der Waals surface area contributed by atoms with E-state index >= 15 is 0 Å². The topological polar surface area (TPSA) is 109 Å². The van der Waals surface area contributed by atoms with Gasteiger partial charge in [0.05, 0.1) is 12.8 Å². The number of hydrogen-bond acceptors (Lipinski definition) is 6. The smallest absolute Gasteiger partial charge is 0.137 e. The van der Waals surface area contributed by atoms with E-state index in [0.29, 0.717) is 0 Å². The molecule has 2 N–H and O–H groups in total. The summed E-state index contributed by atoms with van der Waals surface area (Å²) < 4.78 is 0. The van der Waals surface area contributed by atoms with E-state index in [-0.39, 0.29) is 69.9 Å². The molecule has 0 aromatic rings. The van der Waals surface area contributed by atoms with Gasteiger partial charge in [0.2, 0.25) is 0 Å². The Kier molecular flexibility index (Phi) is 34.7. The van der Waals surface area contributed by atoms with Crippen LogP contribution in [0.3, 0.4) is 0 Å². The molecule has 6 nitrogen and oxygen atoms in total. The SMILES string of the molecule is CC(=O)CC(C)=O.CC(=O)CC(C)=O.CC(C)O.CC(C)O.[Ti]. The average molecular weight is 368 g/mol. The van der Waals surface area contributed by atoms with E-state index in [4.69, 9.17) is 10.2 Å². The third-order valence-corrected chi connectivity index (χ3v) is 0.996. The van der Waals surface area contributed by atoms with Gasteiger partial charge in [-0.2, -0.15) is 0 Å². The van der Waals surface area contributed by atoms with Gasteiger partial charge in [-0.25, -0.2) is 0 Å². The Hall–Kier alpha value is -0.686. The van der Waals surface area contributed by atoms with Gasteiger partial charge >= 0.3 is 0 Å². The van der Waals surface area contributed by atoms with Crippen LogP contribution in [0.5, 0.6) is 0 Å². The number of aliphatic hydroxyl groups excluding tert-OH is 2. The van der Waals surface area contributed by atoms with Gasteiger partial charge in [0, 0.05) is 33.9 Å². The molecule has 0 rings (SSSR count). The predicted molar refractivity (Wildman–Crippen MR) is 86.7 cm³/mol. The van der Waals surface area contributed by atoms with Crippen molar-refractivity contribution in [2.45, 2.75) is 80.4 Å². The minimum absolute atomic E-state index is 0. The van der Waals surface area contributed by atoms with E-state index in [1.54, 1.807) is 27.7 Å². The molecule has 23 heavy (non-hydrogen) atoms. The molecule has 0 bridgehead atoms. The molecule has 7 heteroatoms. The molecule has 0 aromatic carbocycles. The molecular weight excluding hydrogens is 336 g/mol. The second-order valence-electron chi connectivity index (χ2n) is 5.35. The first-order chi connectivity index (χ1) is 9.72. The maximum Gasteiger partial charge on any atom is 0.137 e. The first kappa shape index (κ1) is 33.8. The summed E-state index contributed by atoms with van der Waals surface area (Å²) in [6, 6.07) is 0. The van der Waals surface area contributed by atoms with Gasteiger partial charge in [-0.1, -0.05) is 0 Å². The molecule has 0 aromatic heterocycles. The van der Waals surface area contributed by atoms with E-state index in [0.717, 1.165) is 0 Å². The molecule has 136 valence electrons. The normalized spacial score (nSPS) is 8.17. The van der Waals surface area contributed by atoms with Crippen molar-refractivity contribution in [3.8, 4) is 0 Å². The van der Waals surface area contributed by atoms with Crippen LogP contribution in [0.15, 0.2) is 0 Å². The first-order valence-corrected chi connectivity index (χ1v) is 7.06. The number of rotatable bonds is 4. The molecule has 0 aliphatic rings.